The topological polar surface area (TPSA) is 35.5 Å². The highest BCUT2D eigenvalue weighted by Crippen LogP contribution is 2.19. The lowest BCUT2D eigenvalue weighted by Crippen LogP contribution is -2.36. The maximum atomic E-state index is 12.2. The molecule has 5 heteroatoms. The van der Waals surface area contributed by atoms with Crippen LogP contribution >= 0.6 is 0 Å². The van der Waals surface area contributed by atoms with Crippen LogP contribution in [0.5, 0.6) is 0 Å². The second-order valence-electron chi connectivity index (χ2n) is 9.85. The first-order valence-electron chi connectivity index (χ1n) is 10.8. The predicted octanol–water partition coefficient (Wildman–Crippen LogP) is 7.14. The van der Waals surface area contributed by atoms with Crippen LogP contribution in [-0.4, -0.2) is 28.7 Å². The average molecular weight is 403 g/mol. The van der Waals surface area contributed by atoms with Crippen LogP contribution in [0.1, 0.15) is 78.1 Å². The van der Waals surface area contributed by atoms with E-state index in [1.165, 1.54) is 44.9 Å². The number of carbonyl (C=O) groups is 1. The van der Waals surface area contributed by atoms with Gasteiger partial charge in [-0.1, -0.05) is 65.2 Å². The Bertz CT molecular complexity index is 372. The molecule has 0 aromatic heterocycles. The molecular formula is C21H46O3Si2. The van der Waals surface area contributed by atoms with Crippen LogP contribution in [-0.2, 0) is 13.6 Å². The Morgan fingerprint density at radius 3 is 1.77 bits per heavy atom. The number of hydrogen-bond donors (Lipinski definition) is 0. The number of carbonyl (C=O) groups excluding carboxylic acids is 1. The zero-order valence-electron chi connectivity index (χ0n) is 19.0. The quantitative estimate of drug-likeness (QED) is 0.216. The SMILES string of the molecule is CCC(C)CCCCCCCCC(CC(=O)O[Si](C)(C)C)O[Si](C)(C)C. The van der Waals surface area contributed by atoms with Gasteiger partial charge in [0.05, 0.1) is 12.5 Å². The fourth-order valence-corrected chi connectivity index (χ4v) is 5.02. The number of hydrogen-bond acceptors (Lipinski definition) is 3. The van der Waals surface area contributed by atoms with Crippen molar-refractivity contribution >= 4 is 22.6 Å². The largest absolute Gasteiger partial charge is 0.520 e. The van der Waals surface area contributed by atoms with Gasteiger partial charge in [-0.25, -0.2) is 0 Å². The van der Waals surface area contributed by atoms with Crippen molar-refractivity contribution in [2.75, 3.05) is 0 Å². The molecule has 0 aromatic carbocycles. The Morgan fingerprint density at radius 2 is 1.31 bits per heavy atom. The molecule has 156 valence electrons. The monoisotopic (exact) mass is 402 g/mol. The molecule has 0 fully saturated rings. The van der Waals surface area contributed by atoms with E-state index in [0.717, 1.165) is 18.8 Å². The molecule has 0 aromatic rings. The summed E-state index contributed by atoms with van der Waals surface area (Å²) in [5, 5.41) is 0. The maximum absolute atomic E-state index is 12.2. The maximum Gasteiger partial charge on any atom is 0.295 e. The van der Waals surface area contributed by atoms with Crippen molar-refractivity contribution in [3.8, 4) is 0 Å². The summed E-state index contributed by atoms with van der Waals surface area (Å²) in [6.07, 6.45) is 11.9. The molecule has 0 saturated heterocycles. The molecule has 2 unspecified atom stereocenters. The standard InChI is InChI=1S/C21H46O3Si2/c1-9-19(2)16-14-12-10-11-13-15-17-20(23-25(3,4)5)18-21(22)24-26(6,7)8/h19-20H,9-18H2,1-8H3. The molecule has 26 heavy (non-hydrogen) atoms. The van der Waals surface area contributed by atoms with Crippen LogP contribution in [0, 0.1) is 5.92 Å². The lowest BCUT2D eigenvalue weighted by atomic mass is 9.99. The lowest BCUT2D eigenvalue weighted by molar-refractivity contribution is -0.137. The van der Waals surface area contributed by atoms with Gasteiger partial charge in [-0.2, -0.15) is 0 Å². The van der Waals surface area contributed by atoms with E-state index < -0.39 is 16.6 Å². The summed E-state index contributed by atoms with van der Waals surface area (Å²) in [5.74, 6) is 0.808. The third kappa shape index (κ3) is 17.3. The van der Waals surface area contributed by atoms with Crippen LogP contribution in [0.2, 0.25) is 39.3 Å². The molecule has 0 spiro atoms. The first kappa shape index (κ1) is 25.9. The van der Waals surface area contributed by atoms with E-state index >= 15 is 0 Å². The van der Waals surface area contributed by atoms with Gasteiger partial charge >= 0.3 is 0 Å². The minimum Gasteiger partial charge on any atom is -0.520 e. The number of unbranched alkanes of at least 4 members (excludes halogenated alkanes) is 5. The van der Waals surface area contributed by atoms with Crippen molar-refractivity contribution in [1.82, 2.24) is 0 Å². The summed E-state index contributed by atoms with van der Waals surface area (Å²) in [6.45, 7) is 17.4. The molecule has 0 radical (unpaired) electrons. The Labute approximate surface area is 165 Å². The van der Waals surface area contributed by atoms with E-state index in [4.69, 9.17) is 8.85 Å². The van der Waals surface area contributed by atoms with Crippen LogP contribution in [0.25, 0.3) is 0 Å². The van der Waals surface area contributed by atoms with Crippen molar-refractivity contribution in [2.45, 2.75) is 123 Å². The highest BCUT2D eigenvalue weighted by atomic mass is 28.4. The molecule has 0 aliphatic rings. The molecule has 0 aliphatic heterocycles. The highest BCUT2D eigenvalue weighted by Gasteiger charge is 2.26. The molecule has 0 amide bonds. The molecule has 0 heterocycles. The summed E-state index contributed by atoms with van der Waals surface area (Å²) in [6, 6.07) is 0. The van der Waals surface area contributed by atoms with Crippen LogP contribution < -0.4 is 0 Å². The second-order valence-corrected chi connectivity index (χ2v) is 18.7. The van der Waals surface area contributed by atoms with Gasteiger partial charge in [-0.3, -0.25) is 4.79 Å². The molecule has 0 saturated carbocycles. The molecule has 2 atom stereocenters. The van der Waals surface area contributed by atoms with Crippen LogP contribution in [0.15, 0.2) is 0 Å². The van der Waals surface area contributed by atoms with Gasteiger partial charge in [0.15, 0.2) is 8.32 Å². The van der Waals surface area contributed by atoms with Crippen LogP contribution in [0.4, 0.5) is 0 Å². The lowest BCUT2D eigenvalue weighted by Gasteiger charge is -2.27. The summed E-state index contributed by atoms with van der Waals surface area (Å²) in [4.78, 5) is 12.2. The molecule has 0 N–H and O–H groups in total. The zero-order valence-corrected chi connectivity index (χ0v) is 21.0. The van der Waals surface area contributed by atoms with Crippen molar-refractivity contribution in [2.24, 2.45) is 5.92 Å². The van der Waals surface area contributed by atoms with Crippen molar-refractivity contribution < 1.29 is 13.6 Å². The summed E-state index contributed by atoms with van der Waals surface area (Å²) >= 11 is 0. The first-order chi connectivity index (χ1) is 11.9. The van der Waals surface area contributed by atoms with Crippen LogP contribution in [0.3, 0.4) is 0 Å². The summed E-state index contributed by atoms with van der Waals surface area (Å²) in [5.41, 5.74) is 0. The Morgan fingerprint density at radius 1 is 0.808 bits per heavy atom. The minimum atomic E-state index is -1.81. The van der Waals surface area contributed by atoms with Gasteiger partial charge in [-0.15, -0.1) is 0 Å². The molecule has 0 aliphatic carbocycles. The highest BCUT2D eigenvalue weighted by molar-refractivity contribution is 6.71. The van der Waals surface area contributed by atoms with E-state index in [0.29, 0.717) is 6.42 Å². The van der Waals surface area contributed by atoms with Crippen molar-refractivity contribution in [3.63, 3.8) is 0 Å². The molecule has 3 nitrogen and oxygen atoms in total. The summed E-state index contributed by atoms with van der Waals surface area (Å²) < 4.78 is 11.9. The normalized spacial score (nSPS) is 14.9. The van der Waals surface area contributed by atoms with Gasteiger partial charge in [0.2, 0.25) is 8.32 Å². The van der Waals surface area contributed by atoms with Crippen molar-refractivity contribution in [3.05, 3.63) is 0 Å². The third-order valence-corrected chi connectivity index (χ3v) is 6.39. The zero-order chi connectivity index (χ0) is 20.2. The van der Waals surface area contributed by atoms with E-state index in [1.54, 1.807) is 0 Å². The Kier molecular flexibility index (Phi) is 13.0. The first-order valence-corrected chi connectivity index (χ1v) is 17.6. The van der Waals surface area contributed by atoms with Gasteiger partial charge in [0.25, 0.3) is 5.97 Å². The minimum absolute atomic E-state index is 0.0379. The van der Waals surface area contributed by atoms with Gasteiger partial charge in [0.1, 0.15) is 0 Å². The Balaban J connectivity index is 4.07. The average Bonchev–Trinajstić information content (AvgIpc) is 2.45. The van der Waals surface area contributed by atoms with Gasteiger partial charge < -0.3 is 8.85 Å². The van der Waals surface area contributed by atoms with E-state index in [9.17, 15) is 4.79 Å². The number of rotatable bonds is 15. The fraction of sp³-hybridized carbons (Fsp3) is 0.952. The van der Waals surface area contributed by atoms with E-state index in [-0.39, 0.29) is 12.1 Å². The summed E-state index contributed by atoms with van der Waals surface area (Å²) in [7, 11) is -3.45. The van der Waals surface area contributed by atoms with Gasteiger partial charge in [-0.05, 0) is 51.6 Å². The molecule has 0 rings (SSSR count). The Hall–Kier alpha value is -0.136. The molecule has 0 bridgehead atoms. The third-order valence-electron chi connectivity index (χ3n) is 4.50. The van der Waals surface area contributed by atoms with E-state index in [2.05, 4.69) is 53.1 Å². The predicted molar refractivity (Wildman–Crippen MR) is 119 cm³/mol. The van der Waals surface area contributed by atoms with Crippen molar-refractivity contribution in [1.29, 1.82) is 0 Å². The molecular weight excluding hydrogens is 356 g/mol. The fourth-order valence-electron chi connectivity index (χ4n) is 3.05. The van der Waals surface area contributed by atoms with E-state index in [1.807, 2.05) is 0 Å². The second kappa shape index (κ2) is 13.1. The van der Waals surface area contributed by atoms with Gasteiger partial charge in [0, 0.05) is 0 Å². The smallest absolute Gasteiger partial charge is 0.295 e.